The van der Waals surface area contributed by atoms with Crippen molar-refractivity contribution in [2.45, 2.75) is 38.1 Å². The van der Waals surface area contributed by atoms with E-state index in [0.29, 0.717) is 17.9 Å². The standard InChI is InChI=1S/C13H15ClN2O3/c1-8-5-10(14)9(7-15-8)12(19)16-13(3-2-4-13)6-11(17)18/h5,7H,2-4,6H2,1H3,(H,16,19)(H,17,18). The minimum Gasteiger partial charge on any atom is -0.481 e. The average molecular weight is 283 g/mol. The lowest BCUT2D eigenvalue weighted by atomic mass is 9.74. The van der Waals surface area contributed by atoms with E-state index < -0.39 is 11.5 Å². The molecular formula is C13H15ClN2O3. The van der Waals surface area contributed by atoms with Crippen LogP contribution in [0.5, 0.6) is 0 Å². The van der Waals surface area contributed by atoms with Gasteiger partial charge in [-0.1, -0.05) is 11.6 Å². The first kappa shape index (κ1) is 13.8. The normalized spacial score (nSPS) is 16.5. The van der Waals surface area contributed by atoms with Crippen LogP contribution in [0.25, 0.3) is 0 Å². The van der Waals surface area contributed by atoms with Gasteiger partial charge in [-0.25, -0.2) is 0 Å². The summed E-state index contributed by atoms with van der Waals surface area (Å²) < 4.78 is 0. The van der Waals surface area contributed by atoms with Gasteiger partial charge in [-0.05, 0) is 32.3 Å². The largest absolute Gasteiger partial charge is 0.481 e. The highest BCUT2D eigenvalue weighted by atomic mass is 35.5. The first-order chi connectivity index (χ1) is 8.92. The van der Waals surface area contributed by atoms with E-state index in [-0.39, 0.29) is 17.9 Å². The quantitative estimate of drug-likeness (QED) is 0.887. The molecule has 19 heavy (non-hydrogen) atoms. The van der Waals surface area contributed by atoms with E-state index in [0.717, 1.165) is 12.1 Å². The molecule has 102 valence electrons. The van der Waals surface area contributed by atoms with Gasteiger partial charge in [0.2, 0.25) is 0 Å². The summed E-state index contributed by atoms with van der Waals surface area (Å²) in [6, 6.07) is 1.61. The Balaban J connectivity index is 2.13. The maximum atomic E-state index is 12.1. The molecule has 5 nitrogen and oxygen atoms in total. The number of nitrogens with one attached hydrogen (secondary N) is 1. The minimum absolute atomic E-state index is 0.0599. The molecule has 1 saturated carbocycles. The van der Waals surface area contributed by atoms with Gasteiger partial charge in [-0.2, -0.15) is 0 Å². The Morgan fingerprint density at radius 2 is 2.21 bits per heavy atom. The van der Waals surface area contributed by atoms with Crippen molar-refractivity contribution in [1.29, 1.82) is 0 Å². The first-order valence-corrected chi connectivity index (χ1v) is 6.46. The lowest BCUT2D eigenvalue weighted by Crippen LogP contribution is -2.54. The Kier molecular flexibility index (Phi) is 3.75. The topological polar surface area (TPSA) is 79.3 Å². The van der Waals surface area contributed by atoms with Crippen LogP contribution in [0.1, 0.15) is 41.7 Å². The molecule has 0 saturated heterocycles. The lowest BCUT2D eigenvalue weighted by molar-refractivity contribution is -0.139. The van der Waals surface area contributed by atoms with E-state index >= 15 is 0 Å². The number of carboxylic acid groups (broad SMARTS) is 1. The fraction of sp³-hybridized carbons (Fsp3) is 0.462. The molecule has 1 aromatic heterocycles. The molecule has 0 spiro atoms. The molecule has 1 aromatic rings. The van der Waals surface area contributed by atoms with Crippen LogP contribution >= 0.6 is 11.6 Å². The fourth-order valence-electron chi connectivity index (χ4n) is 2.24. The summed E-state index contributed by atoms with van der Waals surface area (Å²) in [5, 5.41) is 12.0. The zero-order valence-electron chi connectivity index (χ0n) is 10.6. The zero-order valence-corrected chi connectivity index (χ0v) is 11.3. The van der Waals surface area contributed by atoms with Crippen LogP contribution in [0, 0.1) is 6.92 Å². The molecule has 0 radical (unpaired) electrons. The molecule has 0 unspecified atom stereocenters. The maximum Gasteiger partial charge on any atom is 0.305 e. The van der Waals surface area contributed by atoms with Crippen molar-refractivity contribution in [3.8, 4) is 0 Å². The third-order valence-corrected chi connectivity index (χ3v) is 3.73. The SMILES string of the molecule is Cc1cc(Cl)c(C(=O)NC2(CC(=O)O)CCC2)cn1. The van der Waals surface area contributed by atoms with Crippen LogP contribution in [0.3, 0.4) is 0 Å². The van der Waals surface area contributed by atoms with Crippen molar-refractivity contribution in [2.24, 2.45) is 0 Å². The van der Waals surface area contributed by atoms with E-state index in [1.54, 1.807) is 13.0 Å². The minimum atomic E-state index is -0.909. The summed E-state index contributed by atoms with van der Waals surface area (Å²) in [7, 11) is 0. The maximum absolute atomic E-state index is 12.1. The van der Waals surface area contributed by atoms with Gasteiger partial charge < -0.3 is 10.4 Å². The molecular weight excluding hydrogens is 268 g/mol. The summed E-state index contributed by atoms with van der Waals surface area (Å²) >= 11 is 6.00. The molecule has 1 aliphatic rings. The highest BCUT2D eigenvalue weighted by molar-refractivity contribution is 6.33. The van der Waals surface area contributed by atoms with Crippen LogP contribution < -0.4 is 5.32 Å². The summed E-state index contributed by atoms with van der Waals surface area (Å²) in [5.74, 6) is -1.27. The van der Waals surface area contributed by atoms with Crippen LogP contribution in [0.2, 0.25) is 5.02 Å². The van der Waals surface area contributed by atoms with Crippen molar-refractivity contribution in [3.05, 3.63) is 28.5 Å². The van der Waals surface area contributed by atoms with Gasteiger partial charge in [-0.15, -0.1) is 0 Å². The molecule has 0 bridgehead atoms. The summed E-state index contributed by atoms with van der Waals surface area (Å²) in [6.07, 6.45) is 3.65. The van der Waals surface area contributed by atoms with E-state index in [2.05, 4.69) is 10.3 Å². The van der Waals surface area contributed by atoms with Crippen molar-refractivity contribution < 1.29 is 14.7 Å². The van der Waals surface area contributed by atoms with Gasteiger partial charge in [0.25, 0.3) is 5.91 Å². The van der Waals surface area contributed by atoms with Crippen LogP contribution in [0.15, 0.2) is 12.3 Å². The molecule has 1 amide bonds. The predicted octanol–water partition coefficient (Wildman–Crippen LogP) is 2.17. The number of halogens is 1. The number of rotatable bonds is 4. The Bertz CT molecular complexity index is 527. The van der Waals surface area contributed by atoms with Gasteiger partial charge in [0, 0.05) is 11.9 Å². The highest BCUT2D eigenvalue weighted by Crippen LogP contribution is 2.35. The number of carbonyl (C=O) groups is 2. The van der Waals surface area contributed by atoms with Gasteiger partial charge >= 0.3 is 5.97 Å². The Labute approximate surface area is 116 Å². The number of pyridine rings is 1. The predicted molar refractivity (Wildman–Crippen MR) is 70.3 cm³/mol. The number of hydrogen-bond donors (Lipinski definition) is 2. The van der Waals surface area contributed by atoms with E-state index in [1.165, 1.54) is 6.20 Å². The lowest BCUT2D eigenvalue weighted by Gasteiger charge is -2.41. The van der Waals surface area contributed by atoms with E-state index in [4.69, 9.17) is 16.7 Å². The Morgan fingerprint density at radius 1 is 1.53 bits per heavy atom. The van der Waals surface area contributed by atoms with Gasteiger partial charge in [0.05, 0.1) is 22.5 Å². The van der Waals surface area contributed by atoms with Gasteiger partial charge in [0.15, 0.2) is 0 Å². The number of aromatic nitrogens is 1. The number of amides is 1. The van der Waals surface area contributed by atoms with E-state index in [1.807, 2.05) is 0 Å². The first-order valence-electron chi connectivity index (χ1n) is 6.08. The second kappa shape index (κ2) is 5.17. The molecule has 6 heteroatoms. The summed E-state index contributed by atoms with van der Waals surface area (Å²) in [6.45, 7) is 1.78. The number of aliphatic carboxylic acids is 1. The molecule has 2 N–H and O–H groups in total. The monoisotopic (exact) mass is 282 g/mol. The van der Waals surface area contributed by atoms with Gasteiger partial charge in [-0.3, -0.25) is 14.6 Å². The fourth-order valence-corrected chi connectivity index (χ4v) is 2.53. The Hall–Kier alpha value is -1.62. The molecule has 1 heterocycles. The number of nitrogens with zero attached hydrogens (tertiary/aromatic N) is 1. The number of carbonyl (C=O) groups excluding carboxylic acids is 1. The van der Waals surface area contributed by atoms with Crippen molar-refractivity contribution >= 4 is 23.5 Å². The molecule has 0 aliphatic heterocycles. The zero-order chi connectivity index (χ0) is 14.0. The number of carboxylic acids is 1. The molecule has 2 rings (SSSR count). The smallest absolute Gasteiger partial charge is 0.305 e. The molecule has 1 aliphatic carbocycles. The number of hydrogen-bond acceptors (Lipinski definition) is 3. The molecule has 1 fully saturated rings. The molecule has 0 atom stereocenters. The van der Waals surface area contributed by atoms with Crippen molar-refractivity contribution in [2.75, 3.05) is 0 Å². The summed E-state index contributed by atoms with van der Waals surface area (Å²) in [4.78, 5) is 27.0. The third kappa shape index (κ3) is 3.04. The highest BCUT2D eigenvalue weighted by Gasteiger charge is 2.40. The molecule has 0 aromatic carbocycles. The van der Waals surface area contributed by atoms with Crippen molar-refractivity contribution in [1.82, 2.24) is 10.3 Å². The van der Waals surface area contributed by atoms with Crippen LogP contribution in [-0.4, -0.2) is 27.5 Å². The summed E-state index contributed by atoms with van der Waals surface area (Å²) in [5.41, 5.74) is 0.381. The van der Waals surface area contributed by atoms with E-state index in [9.17, 15) is 9.59 Å². The third-order valence-electron chi connectivity index (χ3n) is 3.41. The second-order valence-electron chi connectivity index (χ2n) is 4.96. The van der Waals surface area contributed by atoms with Gasteiger partial charge in [0.1, 0.15) is 0 Å². The van der Waals surface area contributed by atoms with Crippen LogP contribution in [0.4, 0.5) is 0 Å². The Morgan fingerprint density at radius 3 is 2.68 bits per heavy atom. The average Bonchev–Trinajstić information content (AvgIpc) is 2.25. The van der Waals surface area contributed by atoms with Crippen LogP contribution in [-0.2, 0) is 4.79 Å². The van der Waals surface area contributed by atoms with Crippen molar-refractivity contribution in [3.63, 3.8) is 0 Å². The number of aryl methyl sites for hydroxylation is 1. The second-order valence-corrected chi connectivity index (χ2v) is 5.37.